The predicted molar refractivity (Wildman–Crippen MR) is 90.6 cm³/mol. The Morgan fingerprint density at radius 3 is 2.84 bits per heavy atom. The highest BCUT2D eigenvalue weighted by Crippen LogP contribution is 2.25. The minimum Gasteiger partial charge on any atom is -0.467 e. The summed E-state index contributed by atoms with van der Waals surface area (Å²) >= 11 is 1.27. The molecule has 0 radical (unpaired) electrons. The minimum atomic E-state index is -0.383. The van der Waals surface area contributed by atoms with Crippen LogP contribution in [0, 0.1) is 5.82 Å². The van der Waals surface area contributed by atoms with Crippen molar-refractivity contribution in [2.45, 2.75) is 30.3 Å². The first-order valence-electron chi connectivity index (χ1n) is 7.67. The lowest BCUT2D eigenvalue weighted by Crippen LogP contribution is -2.25. The molecule has 1 amide bonds. The van der Waals surface area contributed by atoms with E-state index in [4.69, 9.17) is 4.42 Å². The third kappa shape index (κ3) is 4.44. The van der Waals surface area contributed by atoms with E-state index in [9.17, 15) is 9.18 Å². The molecule has 0 spiro atoms. The van der Waals surface area contributed by atoms with Gasteiger partial charge in [-0.3, -0.25) is 4.79 Å². The SMILES string of the molecule is CCC(Sc1nnnn1Cc1ccco1)C(=O)Nc1ccc(F)cc1. The van der Waals surface area contributed by atoms with Crippen LogP contribution in [0.15, 0.2) is 52.2 Å². The zero-order chi connectivity index (χ0) is 17.6. The van der Waals surface area contributed by atoms with Crippen LogP contribution < -0.4 is 5.32 Å². The second kappa shape index (κ2) is 7.93. The van der Waals surface area contributed by atoms with E-state index < -0.39 is 0 Å². The second-order valence-corrected chi connectivity index (χ2v) is 6.38. The molecule has 9 heteroatoms. The summed E-state index contributed by atoms with van der Waals surface area (Å²) in [6, 6.07) is 9.25. The monoisotopic (exact) mass is 361 g/mol. The number of benzene rings is 1. The number of anilines is 1. The molecule has 130 valence electrons. The molecule has 1 unspecified atom stereocenters. The van der Waals surface area contributed by atoms with Gasteiger partial charge in [-0.05, 0) is 53.2 Å². The van der Waals surface area contributed by atoms with Crippen molar-refractivity contribution in [3.8, 4) is 0 Å². The van der Waals surface area contributed by atoms with Gasteiger partial charge in [0.25, 0.3) is 0 Å². The van der Waals surface area contributed by atoms with Gasteiger partial charge >= 0.3 is 0 Å². The number of nitrogens with one attached hydrogen (secondary N) is 1. The van der Waals surface area contributed by atoms with Crippen LogP contribution in [0.2, 0.25) is 0 Å². The number of aromatic nitrogens is 4. The molecule has 1 N–H and O–H groups in total. The van der Waals surface area contributed by atoms with E-state index in [-0.39, 0.29) is 17.0 Å². The lowest BCUT2D eigenvalue weighted by atomic mass is 10.2. The largest absolute Gasteiger partial charge is 0.467 e. The Labute approximate surface area is 147 Å². The number of amides is 1. The number of hydrogen-bond donors (Lipinski definition) is 1. The summed E-state index contributed by atoms with van der Waals surface area (Å²) in [7, 11) is 0. The molecule has 0 aliphatic rings. The Morgan fingerprint density at radius 2 is 2.16 bits per heavy atom. The molecule has 0 bridgehead atoms. The summed E-state index contributed by atoms with van der Waals surface area (Å²) in [5.74, 6) is 0.182. The fourth-order valence-electron chi connectivity index (χ4n) is 2.14. The van der Waals surface area contributed by atoms with Crippen molar-refractivity contribution >= 4 is 23.4 Å². The summed E-state index contributed by atoms with van der Waals surface area (Å²) in [6.07, 6.45) is 2.17. The van der Waals surface area contributed by atoms with Crippen molar-refractivity contribution in [2.24, 2.45) is 0 Å². The Hall–Kier alpha value is -2.68. The van der Waals surface area contributed by atoms with Gasteiger partial charge < -0.3 is 9.73 Å². The minimum absolute atomic E-state index is 0.188. The highest BCUT2D eigenvalue weighted by atomic mass is 32.2. The number of rotatable bonds is 7. The molecule has 1 atom stereocenters. The molecule has 3 aromatic rings. The third-order valence-electron chi connectivity index (χ3n) is 3.41. The first-order chi connectivity index (χ1) is 12.2. The average Bonchev–Trinajstić information content (AvgIpc) is 3.27. The normalized spacial score (nSPS) is 12.1. The van der Waals surface area contributed by atoms with Crippen molar-refractivity contribution in [1.29, 1.82) is 0 Å². The number of tetrazole rings is 1. The number of carbonyl (C=O) groups is 1. The van der Waals surface area contributed by atoms with Gasteiger partial charge in [0.1, 0.15) is 18.1 Å². The summed E-state index contributed by atoms with van der Waals surface area (Å²) in [6.45, 7) is 2.29. The Kier molecular flexibility index (Phi) is 5.44. The number of thioether (sulfide) groups is 1. The van der Waals surface area contributed by atoms with Crippen LogP contribution in [0.5, 0.6) is 0 Å². The van der Waals surface area contributed by atoms with E-state index >= 15 is 0 Å². The van der Waals surface area contributed by atoms with Crippen molar-refractivity contribution in [1.82, 2.24) is 20.2 Å². The molecule has 0 saturated heterocycles. The van der Waals surface area contributed by atoms with Gasteiger partial charge in [-0.1, -0.05) is 18.7 Å². The smallest absolute Gasteiger partial charge is 0.237 e. The molecule has 0 aliphatic heterocycles. The predicted octanol–water partition coefficient (Wildman–Crippen LogP) is 2.96. The van der Waals surface area contributed by atoms with Gasteiger partial charge in [-0.25, -0.2) is 9.07 Å². The van der Waals surface area contributed by atoms with Crippen LogP contribution in [-0.2, 0) is 11.3 Å². The van der Waals surface area contributed by atoms with Gasteiger partial charge in [0.2, 0.25) is 11.1 Å². The molecule has 25 heavy (non-hydrogen) atoms. The number of hydrogen-bond acceptors (Lipinski definition) is 6. The standard InChI is InChI=1S/C16H16FN5O2S/c1-2-14(15(23)18-12-7-5-11(17)6-8-12)25-16-19-20-21-22(16)10-13-4-3-9-24-13/h3-9,14H,2,10H2,1H3,(H,18,23). The first-order valence-corrected chi connectivity index (χ1v) is 8.55. The van der Waals surface area contributed by atoms with Gasteiger partial charge in [0.05, 0.1) is 11.5 Å². The maximum Gasteiger partial charge on any atom is 0.237 e. The lowest BCUT2D eigenvalue weighted by Gasteiger charge is -2.14. The van der Waals surface area contributed by atoms with E-state index in [0.29, 0.717) is 23.8 Å². The quantitative estimate of drug-likeness (QED) is 0.651. The second-order valence-electron chi connectivity index (χ2n) is 5.21. The van der Waals surface area contributed by atoms with Crippen LogP contribution in [0.3, 0.4) is 0 Å². The van der Waals surface area contributed by atoms with Gasteiger partial charge in [0, 0.05) is 5.69 Å². The lowest BCUT2D eigenvalue weighted by molar-refractivity contribution is -0.115. The van der Waals surface area contributed by atoms with E-state index in [1.165, 1.54) is 36.0 Å². The van der Waals surface area contributed by atoms with Crippen molar-refractivity contribution in [2.75, 3.05) is 5.32 Å². The van der Waals surface area contributed by atoms with Crippen LogP contribution in [0.4, 0.5) is 10.1 Å². The topological polar surface area (TPSA) is 85.8 Å². The fourth-order valence-corrected chi connectivity index (χ4v) is 3.03. The number of nitrogens with zero attached hydrogens (tertiary/aromatic N) is 4. The number of furan rings is 1. The van der Waals surface area contributed by atoms with E-state index in [1.54, 1.807) is 17.0 Å². The molecule has 0 aliphatic carbocycles. The summed E-state index contributed by atoms with van der Waals surface area (Å²) in [4.78, 5) is 12.5. The Morgan fingerprint density at radius 1 is 1.36 bits per heavy atom. The van der Waals surface area contributed by atoms with E-state index in [1.807, 2.05) is 13.0 Å². The highest BCUT2D eigenvalue weighted by molar-refractivity contribution is 8.00. The van der Waals surface area contributed by atoms with E-state index in [2.05, 4.69) is 20.8 Å². The van der Waals surface area contributed by atoms with Gasteiger partial charge in [-0.15, -0.1) is 5.10 Å². The zero-order valence-electron chi connectivity index (χ0n) is 13.4. The molecular formula is C16H16FN5O2S. The molecule has 7 nitrogen and oxygen atoms in total. The van der Waals surface area contributed by atoms with Crippen LogP contribution in [-0.4, -0.2) is 31.4 Å². The van der Waals surface area contributed by atoms with Crippen molar-refractivity contribution < 1.29 is 13.6 Å². The maximum absolute atomic E-state index is 13.0. The molecule has 1 aromatic carbocycles. The average molecular weight is 361 g/mol. The Balaban J connectivity index is 1.66. The molecule has 0 saturated carbocycles. The molecule has 0 fully saturated rings. The third-order valence-corrected chi connectivity index (χ3v) is 4.74. The summed E-state index contributed by atoms with van der Waals surface area (Å²) in [5, 5.41) is 14.5. The molecule has 3 rings (SSSR count). The summed E-state index contributed by atoms with van der Waals surface area (Å²) in [5.41, 5.74) is 0.542. The fraction of sp³-hybridized carbons (Fsp3) is 0.250. The van der Waals surface area contributed by atoms with Gasteiger partial charge in [-0.2, -0.15) is 0 Å². The first kappa shape index (κ1) is 17.2. The highest BCUT2D eigenvalue weighted by Gasteiger charge is 2.22. The van der Waals surface area contributed by atoms with Gasteiger partial charge in [0.15, 0.2) is 0 Å². The van der Waals surface area contributed by atoms with E-state index in [0.717, 1.165) is 5.76 Å². The van der Waals surface area contributed by atoms with Crippen molar-refractivity contribution in [3.63, 3.8) is 0 Å². The van der Waals surface area contributed by atoms with Crippen LogP contribution >= 0.6 is 11.8 Å². The maximum atomic E-state index is 13.0. The number of carbonyl (C=O) groups excluding carboxylic acids is 1. The zero-order valence-corrected chi connectivity index (χ0v) is 14.2. The van der Waals surface area contributed by atoms with Crippen LogP contribution in [0.1, 0.15) is 19.1 Å². The number of halogens is 1. The van der Waals surface area contributed by atoms with Crippen LogP contribution in [0.25, 0.3) is 0 Å². The van der Waals surface area contributed by atoms with Crippen molar-refractivity contribution in [3.05, 3.63) is 54.2 Å². The molecule has 2 heterocycles. The molecular weight excluding hydrogens is 345 g/mol. The Bertz CT molecular complexity index is 819. The molecule has 2 aromatic heterocycles. The summed E-state index contributed by atoms with van der Waals surface area (Å²) < 4.78 is 19.8.